The van der Waals surface area contributed by atoms with Gasteiger partial charge in [0.05, 0.1) is 12.8 Å². The molecule has 5 nitrogen and oxygen atoms in total. The average Bonchev–Trinajstić information content (AvgIpc) is 2.93. The molecule has 1 aromatic heterocycles. The quantitative estimate of drug-likeness (QED) is 0.694. The predicted octanol–water partition coefficient (Wildman–Crippen LogP) is 4.56. The van der Waals surface area contributed by atoms with Gasteiger partial charge in [0.15, 0.2) is 0 Å². The molecule has 0 bridgehead atoms. The third-order valence-electron chi connectivity index (χ3n) is 4.38. The zero-order valence-corrected chi connectivity index (χ0v) is 15.5. The molecule has 0 unspecified atom stereocenters. The van der Waals surface area contributed by atoms with Crippen molar-refractivity contribution in [1.82, 2.24) is 9.88 Å². The van der Waals surface area contributed by atoms with Crippen LogP contribution in [-0.4, -0.2) is 17.7 Å². The Labute approximate surface area is 157 Å². The van der Waals surface area contributed by atoms with Crippen LogP contribution in [0, 0.1) is 19.7 Å². The van der Waals surface area contributed by atoms with E-state index in [1.807, 2.05) is 44.2 Å². The zero-order valence-electron chi connectivity index (χ0n) is 15.5. The Kier molecular flexibility index (Phi) is 5.45. The summed E-state index contributed by atoms with van der Waals surface area (Å²) in [5, 5.41) is 5.44. The molecule has 0 saturated carbocycles. The van der Waals surface area contributed by atoms with Crippen molar-refractivity contribution in [2.45, 2.75) is 20.4 Å². The average molecular weight is 367 g/mol. The maximum atomic E-state index is 13.2. The number of nitrogens with one attached hydrogen (secondary N) is 2. The zero-order chi connectivity index (χ0) is 19.4. The summed E-state index contributed by atoms with van der Waals surface area (Å²) in [6.07, 6.45) is 0. The number of aromatic nitrogens is 1. The topological polar surface area (TPSA) is 55.3 Å². The van der Waals surface area contributed by atoms with Gasteiger partial charge in [0.25, 0.3) is 0 Å². The second-order valence-electron chi connectivity index (χ2n) is 6.22. The Hall–Kier alpha value is -3.28. The van der Waals surface area contributed by atoms with Gasteiger partial charge >= 0.3 is 6.03 Å². The molecular formula is C21H22FN3O2. The van der Waals surface area contributed by atoms with Crippen LogP contribution < -0.4 is 15.4 Å². The Morgan fingerprint density at radius 3 is 2.63 bits per heavy atom. The maximum absolute atomic E-state index is 13.2. The number of anilines is 1. The molecule has 0 atom stereocenters. The lowest BCUT2D eigenvalue weighted by molar-refractivity contribution is 0.251. The highest BCUT2D eigenvalue weighted by molar-refractivity contribution is 5.89. The van der Waals surface area contributed by atoms with Crippen molar-refractivity contribution in [3.8, 4) is 11.4 Å². The van der Waals surface area contributed by atoms with Crippen LogP contribution in [0.5, 0.6) is 5.75 Å². The summed E-state index contributed by atoms with van der Waals surface area (Å²) >= 11 is 0. The van der Waals surface area contributed by atoms with Crippen LogP contribution in [0.4, 0.5) is 14.9 Å². The van der Waals surface area contributed by atoms with Gasteiger partial charge < -0.3 is 19.9 Å². The third kappa shape index (κ3) is 4.11. The van der Waals surface area contributed by atoms with Crippen molar-refractivity contribution in [3.05, 3.63) is 77.4 Å². The highest BCUT2D eigenvalue weighted by atomic mass is 19.1. The molecule has 0 saturated heterocycles. The van der Waals surface area contributed by atoms with Crippen LogP contribution in [0.3, 0.4) is 0 Å². The van der Waals surface area contributed by atoms with Crippen molar-refractivity contribution in [2.24, 2.45) is 0 Å². The summed E-state index contributed by atoms with van der Waals surface area (Å²) < 4.78 is 20.8. The summed E-state index contributed by atoms with van der Waals surface area (Å²) in [5.74, 6) is 0.385. The highest BCUT2D eigenvalue weighted by Crippen LogP contribution is 2.27. The largest absolute Gasteiger partial charge is 0.495 e. The van der Waals surface area contributed by atoms with E-state index in [2.05, 4.69) is 15.2 Å². The van der Waals surface area contributed by atoms with Gasteiger partial charge in [-0.05, 0) is 55.8 Å². The SMILES string of the molecule is COc1ccccc1-n1c(C)cc(CNC(=O)Nc2cccc(F)c2)c1C. The number of carbonyl (C=O) groups excluding carboxylic acids is 1. The van der Waals surface area contributed by atoms with Gasteiger partial charge in [0, 0.05) is 23.6 Å². The van der Waals surface area contributed by atoms with Crippen molar-refractivity contribution in [1.29, 1.82) is 0 Å². The number of methoxy groups -OCH3 is 1. The van der Waals surface area contributed by atoms with Gasteiger partial charge in [-0.15, -0.1) is 0 Å². The molecule has 1 heterocycles. The number of rotatable bonds is 5. The summed E-state index contributed by atoms with van der Waals surface area (Å²) in [4.78, 5) is 12.1. The fraction of sp³-hybridized carbons (Fsp3) is 0.190. The fourth-order valence-electron chi connectivity index (χ4n) is 3.11. The number of benzene rings is 2. The molecule has 0 aliphatic heterocycles. The molecule has 3 rings (SSSR count). The smallest absolute Gasteiger partial charge is 0.319 e. The van der Waals surface area contributed by atoms with E-state index in [0.717, 1.165) is 28.4 Å². The summed E-state index contributed by atoms with van der Waals surface area (Å²) in [5.41, 5.74) is 4.41. The van der Waals surface area contributed by atoms with Gasteiger partial charge in [0.1, 0.15) is 11.6 Å². The highest BCUT2D eigenvalue weighted by Gasteiger charge is 2.14. The number of hydrogen-bond donors (Lipinski definition) is 2. The van der Waals surface area contributed by atoms with Crippen LogP contribution in [-0.2, 0) is 6.54 Å². The summed E-state index contributed by atoms with van der Waals surface area (Å²) in [6, 6.07) is 15.2. The van der Waals surface area contributed by atoms with Crippen LogP contribution >= 0.6 is 0 Å². The Morgan fingerprint density at radius 2 is 1.89 bits per heavy atom. The monoisotopic (exact) mass is 367 g/mol. The molecule has 2 aromatic carbocycles. The summed E-state index contributed by atoms with van der Waals surface area (Å²) in [6.45, 7) is 4.37. The molecule has 0 aliphatic rings. The van der Waals surface area contributed by atoms with E-state index in [4.69, 9.17) is 4.74 Å². The number of urea groups is 1. The molecule has 0 aliphatic carbocycles. The number of para-hydroxylation sites is 2. The minimum absolute atomic E-state index is 0.357. The fourth-order valence-corrected chi connectivity index (χ4v) is 3.11. The standard InChI is InChI=1S/C21H22FN3O2/c1-14-11-16(13-23-21(26)24-18-8-6-7-17(22)12-18)15(2)25(14)19-9-4-5-10-20(19)27-3/h4-12H,13H2,1-3H3,(H2,23,24,26). The molecular weight excluding hydrogens is 345 g/mol. The summed E-state index contributed by atoms with van der Waals surface area (Å²) in [7, 11) is 1.65. The van der Waals surface area contributed by atoms with E-state index in [0.29, 0.717) is 12.2 Å². The van der Waals surface area contributed by atoms with Crippen molar-refractivity contribution >= 4 is 11.7 Å². The second-order valence-corrected chi connectivity index (χ2v) is 6.22. The normalized spacial score (nSPS) is 10.5. The van der Waals surface area contributed by atoms with E-state index in [-0.39, 0.29) is 6.03 Å². The Bertz CT molecular complexity index is 966. The van der Waals surface area contributed by atoms with Gasteiger partial charge in [-0.1, -0.05) is 18.2 Å². The minimum atomic E-state index is -0.395. The van der Waals surface area contributed by atoms with Gasteiger partial charge in [-0.25, -0.2) is 9.18 Å². The maximum Gasteiger partial charge on any atom is 0.319 e. The van der Waals surface area contributed by atoms with Crippen molar-refractivity contribution in [3.63, 3.8) is 0 Å². The molecule has 0 spiro atoms. The Morgan fingerprint density at radius 1 is 1.11 bits per heavy atom. The third-order valence-corrected chi connectivity index (χ3v) is 4.38. The molecule has 140 valence electrons. The lowest BCUT2D eigenvalue weighted by Gasteiger charge is -2.14. The molecule has 0 fully saturated rings. The van der Waals surface area contributed by atoms with Crippen LogP contribution in [0.15, 0.2) is 54.6 Å². The van der Waals surface area contributed by atoms with Gasteiger partial charge in [-0.2, -0.15) is 0 Å². The number of carbonyl (C=O) groups is 1. The van der Waals surface area contributed by atoms with Crippen molar-refractivity contribution in [2.75, 3.05) is 12.4 Å². The molecule has 2 N–H and O–H groups in total. The van der Waals surface area contributed by atoms with Crippen LogP contribution in [0.1, 0.15) is 17.0 Å². The van der Waals surface area contributed by atoms with E-state index >= 15 is 0 Å². The molecule has 6 heteroatoms. The molecule has 0 radical (unpaired) electrons. The second kappa shape index (κ2) is 7.95. The molecule has 3 aromatic rings. The van der Waals surface area contributed by atoms with Gasteiger partial charge in [-0.3, -0.25) is 0 Å². The minimum Gasteiger partial charge on any atom is -0.495 e. The number of hydrogen-bond acceptors (Lipinski definition) is 2. The lowest BCUT2D eigenvalue weighted by Crippen LogP contribution is -2.28. The van der Waals surface area contributed by atoms with E-state index in [1.165, 1.54) is 12.1 Å². The van der Waals surface area contributed by atoms with E-state index in [1.54, 1.807) is 19.2 Å². The molecule has 2 amide bonds. The predicted molar refractivity (Wildman–Crippen MR) is 104 cm³/mol. The molecule has 27 heavy (non-hydrogen) atoms. The number of halogens is 1. The number of aryl methyl sites for hydroxylation is 1. The van der Waals surface area contributed by atoms with Crippen LogP contribution in [0.25, 0.3) is 5.69 Å². The van der Waals surface area contributed by atoms with E-state index in [9.17, 15) is 9.18 Å². The number of ether oxygens (including phenoxy) is 1. The first-order valence-electron chi connectivity index (χ1n) is 8.61. The van der Waals surface area contributed by atoms with Crippen LogP contribution in [0.2, 0.25) is 0 Å². The van der Waals surface area contributed by atoms with Crippen molar-refractivity contribution < 1.29 is 13.9 Å². The first-order valence-corrected chi connectivity index (χ1v) is 8.61. The number of amides is 2. The first kappa shape index (κ1) is 18.5. The van der Waals surface area contributed by atoms with E-state index < -0.39 is 5.82 Å². The van der Waals surface area contributed by atoms with Gasteiger partial charge in [0.2, 0.25) is 0 Å². The number of nitrogens with zero attached hydrogens (tertiary/aromatic N) is 1. The first-order chi connectivity index (χ1) is 13.0. The lowest BCUT2D eigenvalue weighted by atomic mass is 10.2. The Balaban J connectivity index is 1.74.